The molecule has 1 heterocycles. The van der Waals surface area contributed by atoms with Crippen LogP contribution in [0.4, 0.5) is 4.79 Å². The Labute approximate surface area is 145 Å². The van der Waals surface area contributed by atoms with Gasteiger partial charge >= 0.3 is 6.03 Å². The van der Waals surface area contributed by atoms with Gasteiger partial charge in [-0.25, -0.2) is 14.8 Å². The zero-order valence-electron chi connectivity index (χ0n) is 13.8. The Morgan fingerprint density at radius 2 is 2.32 bits per heavy atom. The van der Waals surface area contributed by atoms with E-state index in [0.717, 1.165) is 29.7 Å². The Morgan fingerprint density at radius 3 is 3.08 bits per heavy atom. The van der Waals surface area contributed by atoms with Crippen LogP contribution < -0.4 is 10.3 Å². The van der Waals surface area contributed by atoms with E-state index >= 15 is 0 Å². The number of rotatable bonds is 5. The number of hydroxylamine groups is 3. The van der Waals surface area contributed by atoms with Gasteiger partial charge in [-0.05, 0) is 43.5 Å². The number of carbonyl (C=O) groups excluding carboxylic acids is 1. The van der Waals surface area contributed by atoms with Crippen molar-refractivity contribution in [1.82, 2.24) is 15.5 Å². The average Bonchev–Trinajstić information content (AvgIpc) is 3.16. The van der Waals surface area contributed by atoms with Crippen LogP contribution in [-0.2, 0) is 0 Å². The van der Waals surface area contributed by atoms with Crippen LogP contribution >= 0.6 is 0 Å². The van der Waals surface area contributed by atoms with Crippen molar-refractivity contribution >= 4 is 11.6 Å². The first-order valence-corrected chi connectivity index (χ1v) is 8.03. The van der Waals surface area contributed by atoms with Gasteiger partial charge in [0.15, 0.2) is 5.75 Å². The lowest BCUT2D eigenvalue weighted by Crippen LogP contribution is -2.39. The second-order valence-electron chi connectivity index (χ2n) is 5.43. The number of benzene rings is 1. The van der Waals surface area contributed by atoms with Gasteiger partial charge in [0, 0.05) is 12.1 Å². The van der Waals surface area contributed by atoms with E-state index in [1.54, 1.807) is 31.4 Å². The van der Waals surface area contributed by atoms with Crippen LogP contribution in [0.3, 0.4) is 0 Å². The molecule has 0 saturated carbocycles. The first kappa shape index (κ1) is 16.8. The van der Waals surface area contributed by atoms with E-state index in [1.165, 1.54) is 0 Å². The molecule has 25 heavy (non-hydrogen) atoms. The molecule has 1 aliphatic rings. The number of hydrogen-bond acceptors (Lipinski definition) is 5. The van der Waals surface area contributed by atoms with E-state index in [0.29, 0.717) is 16.7 Å². The van der Waals surface area contributed by atoms with Crippen molar-refractivity contribution in [1.29, 1.82) is 0 Å². The standard InChI is InChI=1S/C18H19N3O4/c1-2-21(23)18(22)20-25-15-10-6-9-14(11-15)17-19-16(12-24-17)13-7-4-3-5-8-13/h4,6-12,23H,2-3,5H2,1H3,(H,20,22). The summed E-state index contributed by atoms with van der Waals surface area (Å²) in [5.74, 6) is 0.857. The largest absolute Gasteiger partial charge is 0.444 e. The molecule has 2 aromatic rings. The van der Waals surface area contributed by atoms with Gasteiger partial charge < -0.3 is 9.25 Å². The zero-order valence-corrected chi connectivity index (χ0v) is 13.8. The first-order chi connectivity index (χ1) is 12.2. The molecule has 2 N–H and O–H groups in total. The fourth-order valence-corrected chi connectivity index (χ4v) is 2.33. The Balaban J connectivity index is 1.71. The third kappa shape index (κ3) is 4.07. The summed E-state index contributed by atoms with van der Waals surface area (Å²) in [6, 6.07) is 6.21. The third-order valence-electron chi connectivity index (χ3n) is 3.67. The number of nitrogens with zero attached hydrogens (tertiary/aromatic N) is 2. The topological polar surface area (TPSA) is 87.8 Å². The van der Waals surface area contributed by atoms with Gasteiger partial charge in [0.05, 0.1) is 0 Å². The lowest BCUT2D eigenvalue weighted by atomic mass is 10.1. The van der Waals surface area contributed by atoms with Crippen LogP contribution in [0.2, 0.25) is 0 Å². The maximum Gasteiger partial charge on any atom is 0.374 e. The molecule has 0 radical (unpaired) electrons. The molecule has 130 valence electrons. The molecule has 0 atom stereocenters. The van der Waals surface area contributed by atoms with Crippen molar-refractivity contribution < 1.29 is 19.3 Å². The molecule has 1 aromatic carbocycles. The number of aromatic nitrogens is 1. The lowest BCUT2D eigenvalue weighted by molar-refractivity contribution is -0.0485. The number of urea groups is 1. The molecular weight excluding hydrogens is 322 g/mol. The minimum Gasteiger partial charge on any atom is -0.444 e. The maximum absolute atomic E-state index is 11.5. The quantitative estimate of drug-likeness (QED) is 0.638. The van der Waals surface area contributed by atoms with E-state index in [2.05, 4.69) is 22.6 Å². The number of allylic oxidation sites excluding steroid dienone is 4. The highest BCUT2D eigenvalue weighted by Crippen LogP contribution is 2.27. The number of amides is 2. The lowest BCUT2D eigenvalue weighted by Gasteiger charge is -2.13. The van der Waals surface area contributed by atoms with Gasteiger partial charge in [0.1, 0.15) is 12.0 Å². The number of hydrogen-bond donors (Lipinski definition) is 2. The second-order valence-corrected chi connectivity index (χ2v) is 5.43. The maximum atomic E-state index is 11.5. The first-order valence-electron chi connectivity index (χ1n) is 8.03. The van der Waals surface area contributed by atoms with Crippen LogP contribution in [0.15, 0.2) is 53.2 Å². The fraction of sp³-hybridized carbons (Fsp3) is 0.222. The van der Waals surface area contributed by atoms with E-state index < -0.39 is 6.03 Å². The molecule has 7 heteroatoms. The molecule has 0 aliphatic heterocycles. The van der Waals surface area contributed by atoms with Crippen LogP contribution in [0, 0.1) is 0 Å². The van der Waals surface area contributed by atoms with E-state index in [1.807, 2.05) is 12.1 Å². The summed E-state index contributed by atoms with van der Waals surface area (Å²) in [6.45, 7) is 1.79. The Kier molecular flexibility index (Phi) is 5.15. The summed E-state index contributed by atoms with van der Waals surface area (Å²) >= 11 is 0. The van der Waals surface area contributed by atoms with Crippen LogP contribution in [-0.4, -0.2) is 27.8 Å². The van der Waals surface area contributed by atoms with Gasteiger partial charge in [0.2, 0.25) is 5.89 Å². The van der Waals surface area contributed by atoms with E-state index in [-0.39, 0.29) is 6.54 Å². The minimum absolute atomic E-state index is 0.151. The minimum atomic E-state index is -0.748. The summed E-state index contributed by atoms with van der Waals surface area (Å²) in [7, 11) is 0. The number of nitrogens with one attached hydrogen (secondary N) is 1. The Bertz CT molecular complexity index is 810. The second kappa shape index (κ2) is 7.67. The third-order valence-corrected chi connectivity index (χ3v) is 3.67. The van der Waals surface area contributed by atoms with Crippen molar-refractivity contribution in [2.24, 2.45) is 0 Å². The van der Waals surface area contributed by atoms with Crippen molar-refractivity contribution in [2.45, 2.75) is 19.8 Å². The van der Waals surface area contributed by atoms with Crippen LogP contribution in [0.1, 0.15) is 25.5 Å². The molecule has 0 spiro atoms. The van der Waals surface area contributed by atoms with Crippen LogP contribution in [0.5, 0.6) is 5.75 Å². The van der Waals surface area contributed by atoms with E-state index in [4.69, 9.17) is 9.25 Å². The molecule has 2 amide bonds. The molecule has 1 aromatic heterocycles. The highest BCUT2D eigenvalue weighted by atomic mass is 16.7. The molecule has 0 saturated heterocycles. The molecule has 0 fully saturated rings. The Hall–Kier alpha value is -3.06. The smallest absolute Gasteiger partial charge is 0.374 e. The molecule has 7 nitrogen and oxygen atoms in total. The van der Waals surface area contributed by atoms with Crippen molar-refractivity contribution in [3.05, 3.63) is 54.5 Å². The van der Waals surface area contributed by atoms with Crippen molar-refractivity contribution in [3.8, 4) is 17.2 Å². The van der Waals surface area contributed by atoms with Crippen molar-refractivity contribution in [2.75, 3.05) is 6.54 Å². The summed E-state index contributed by atoms with van der Waals surface area (Å²) in [5.41, 5.74) is 4.70. The summed E-state index contributed by atoms with van der Waals surface area (Å²) in [6.07, 6.45) is 9.94. The zero-order chi connectivity index (χ0) is 17.6. The summed E-state index contributed by atoms with van der Waals surface area (Å²) in [4.78, 5) is 21.2. The van der Waals surface area contributed by atoms with Gasteiger partial charge in [0.25, 0.3) is 0 Å². The van der Waals surface area contributed by atoms with E-state index in [9.17, 15) is 10.0 Å². The number of carbonyl (C=O) groups is 1. The fourth-order valence-electron chi connectivity index (χ4n) is 2.33. The van der Waals surface area contributed by atoms with Gasteiger partial charge in [-0.3, -0.25) is 5.21 Å². The average molecular weight is 341 g/mol. The highest BCUT2D eigenvalue weighted by molar-refractivity contribution is 5.73. The normalized spacial score (nSPS) is 13.3. The molecule has 0 unspecified atom stereocenters. The van der Waals surface area contributed by atoms with Crippen molar-refractivity contribution in [3.63, 3.8) is 0 Å². The molecule has 0 bridgehead atoms. The predicted molar refractivity (Wildman–Crippen MR) is 91.6 cm³/mol. The van der Waals surface area contributed by atoms with Gasteiger partial charge in [-0.1, -0.05) is 24.3 Å². The van der Waals surface area contributed by atoms with Gasteiger partial charge in [-0.15, -0.1) is 0 Å². The Morgan fingerprint density at radius 1 is 1.44 bits per heavy atom. The number of oxazole rings is 1. The predicted octanol–water partition coefficient (Wildman–Crippen LogP) is 3.79. The molecule has 1 aliphatic carbocycles. The monoisotopic (exact) mass is 341 g/mol. The highest BCUT2D eigenvalue weighted by Gasteiger charge is 2.12. The summed E-state index contributed by atoms with van der Waals surface area (Å²) < 4.78 is 5.56. The van der Waals surface area contributed by atoms with Crippen LogP contribution in [0.25, 0.3) is 17.0 Å². The van der Waals surface area contributed by atoms with Gasteiger partial charge in [-0.2, -0.15) is 5.48 Å². The molecule has 3 rings (SSSR count). The molecular formula is C18H19N3O4. The SMILES string of the molecule is CCN(O)C(=O)NOc1cccc(-c2nc(C3=CCCC=C3)co2)c1. The summed E-state index contributed by atoms with van der Waals surface area (Å²) in [5, 5.41) is 9.78.